The quantitative estimate of drug-likeness (QED) is 0.614. The predicted molar refractivity (Wildman–Crippen MR) is 49.8 cm³/mol. The average molecular weight is 155 g/mol. The first kappa shape index (κ1) is 9.05. The lowest BCUT2D eigenvalue weighted by atomic mass is 10.1. The Balaban J connectivity index is 2.19. The van der Waals surface area contributed by atoms with Crippen LogP contribution in [0.3, 0.4) is 0 Å². The highest BCUT2D eigenvalue weighted by atomic mass is 14.9. The van der Waals surface area contributed by atoms with Gasteiger partial charge in [-0.2, -0.15) is 0 Å². The van der Waals surface area contributed by atoms with Crippen LogP contribution in [0, 0.1) is 0 Å². The van der Waals surface area contributed by atoms with Gasteiger partial charge in [-0.3, -0.25) is 0 Å². The monoisotopic (exact) mass is 155 g/mol. The molecule has 1 nitrogen and oxygen atoms in total. The second-order valence-corrected chi connectivity index (χ2v) is 3.62. The van der Waals surface area contributed by atoms with Gasteiger partial charge in [0.15, 0.2) is 0 Å². The van der Waals surface area contributed by atoms with Crippen molar-refractivity contribution in [2.45, 2.75) is 57.9 Å². The fourth-order valence-electron chi connectivity index (χ4n) is 1.80. The van der Waals surface area contributed by atoms with Crippen molar-refractivity contribution < 1.29 is 0 Å². The zero-order valence-electron chi connectivity index (χ0n) is 7.73. The molecule has 0 aliphatic carbocycles. The maximum atomic E-state index is 3.61. The molecule has 0 radical (unpaired) electrons. The van der Waals surface area contributed by atoms with Gasteiger partial charge >= 0.3 is 0 Å². The van der Waals surface area contributed by atoms with Gasteiger partial charge in [0, 0.05) is 6.04 Å². The highest BCUT2D eigenvalue weighted by Gasteiger charge is 2.06. The summed E-state index contributed by atoms with van der Waals surface area (Å²) >= 11 is 0. The molecule has 0 amide bonds. The van der Waals surface area contributed by atoms with E-state index < -0.39 is 0 Å². The molecule has 1 heterocycles. The molecule has 1 unspecified atom stereocenters. The third kappa shape index (κ3) is 3.76. The summed E-state index contributed by atoms with van der Waals surface area (Å²) < 4.78 is 0. The van der Waals surface area contributed by atoms with E-state index in [1.807, 2.05) is 0 Å². The summed E-state index contributed by atoms with van der Waals surface area (Å²) in [5.41, 5.74) is 0. The molecule has 0 spiro atoms. The lowest BCUT2D eigenvalue weighted by Gasteiger charge is -2.14. The molecule has 0 aromatic heterocycles. The molecular formula is C10H21N. The number of hydrogen-bond acceptors (Lipinski definition) is 1. The SMILES string of the molecule is CCC1CCCCCCCN1. The Kier molecular flexibility index (Phi) is 4.60. The largest absolute Gasteiger partial charge is 0.314 e. The highest BCUT2D eigenvalue weighted by molar-refractivity contribution is 4.66. The van der Waals surface area contributed by atoms with E-state index >= 15 is 0 Å². The first-order chi connectivity index (χ1) is 5.43. The van der Waals surface area contributed by atoms with Gasteiger partial charge < -0.3 is 5.32 Å². The van der Waals surface area contributed by atoms with Crippen LogP contribution in [-0.4, -0.2) is 12.6 Å². The van der Waals surface area contributed by atoms with Crippen molar-refractivity contribution in [1.82, 2.24) is 5.32 Å². The fourth-order valence-corrected chi connectivity index (χ4v) is 1.80. The second kappa shape index (κ2) is 5.59. The van der Waals surface area contributed by atoms with Crippen LogP contribution >= 0.6 is 0 Å². The minimum atomic E-state index is 0.813. The van der Waals surface area contributed by atoms with Crippen LogP contribution < -0.4 is 5.32 Å². The summed E-state index contributed by atoms with van der Waals surface area (Å²) in [5, 5.41) is 3.61. The Morgan fingerprint density at radius 2 is 1.82 bits per heavy atom. The zero-order valence-corrected chi connectivity index (χ0v) is 7.73. The van der Waals surface area contributed by atoms with Gasteiger partial charge in [-0.25, -0.2) is 0 Å². The van der Waals surface area contributed by atoms with E-state index in [1.54, 1.807) is 0 Å². The predicted octanol–water partition coefficient (Wildman–Crippen LogP) is 2.71. The van der Waals surface area contributed by atoms with E-state index in [4.69, 9.17) is 0 Å². The Bertz CT molecular complexity index is 80.9. The van der Waals surface area contributed by atoms with Crippen LogP contribution in [0.5, 0.6) is 0 Å². The maximum Gasteiger partial charge on any atom is 0.00644 e. The van der Waals surface area contributed by atoms with E-state index in [1.165, 1.54) is 51.5 Å². The number of hydrogen-bond donors (Lipinski definition) is 1. The summed E-state index contributed by atoms with van der Waals surface area (Å²) in [6, 6.07) is 0.813. The van der Waals surface area contributed by atoms with Crippen molar-refractivity contribution >= 4 is 0 Å². The van der Waals surface area contributed by atoms with Crippen LogP contribution in [0.25, 0.3) is 0 Å². The Labute approximate surface area is 70.6 Å². The minimum Gasteiger partial charge on any atom is -0.314 e. The van der Waals surface area contributed by atoms with E-state index in [0.717, 1.165) is 6.04 Å². The van der Waals surface area contributed by atoms with Gasteiger partial charge in [-0.1, -0.05) is 32.6 Å². The Hall–Kier alpha value is -0.0400. The summed E-state index contributed by atoms with van der Waals surface area (Å²) in [7, 11) is 0. The Morgan fingerprint density at radius 1 is 1.09 bits per heavy atom. The smallest absolute Gasteiger partial charge is 0.00644 e. The van der Waals surface area contributed by atoms with Gasteiger partial charge in [0.2, 0.25) is 0 Å². The third-order valence-corrected chi connectivity index (χ3v) is 2.66. The molecule has 1 N–H and O–H groups in total. The topological polar surface area (TPSA) is 12.0 Å². The fraction of sp³-hybridized carbons (Fsp3) is 1.00. The normalized spacial score (nSPS) is 28.6. The van der Waals surface area contributed by atoms with Gasteiger partial charge in [-0.15, -0.1) is 0 Å². The number of nitrogens with one attached hydrogen (secondary N) is 1. The van der Waals surface area contributed by atoms with Crippen molar-refractivity contribution in [3.8, 4) is 0 Å². The van der Waals surface area contributed by atoms with E-state index in [9.17, 15) is 0 Å². The van der Waals surface area contributed by atoms with Crippen LogP contribution in [0.15, 0.2) is 0 Å². The van der Waals surface area contributed by atoms with Crippen molar-refractivity contribution in [3.63, 3.8) is 0 Å². The molecule has 1 aliphatic heterocycles. The van der Waals surface area contributed by atoms with Crippen molar-refractivity contribution in [2.75, 3.05) is 6.54 Å². The van der Waals surface area contributed by atoms with Gasteiger partial charge in [0.25, 0.3) is 0 Å². The Morgan fingerprint density at radius 3 is 2.64 bits per heavy atom. The van der Waals surface area contributed by atoms with Gasteiger partial charge in [0.05, 0.1) is 0 Å². The van der Waals surface area contributed by atoms with Crippen LogP contribution in [0.4, 0.5) is 0 Å². The summed E-state index contributed by atoms with van der Waals surface area (Å²) in [6.45, 7) is 3.54. The van der Waals surface area contributed by atoms with Crippen molar-refractivity contribution in [3.05, 3.63) is 0 Å². The highest BCUT2D eigenvalue weighted by Crippen LogP contribution is 2.11. The first-order valence-corrected chi connectivity index (χ1v) is 5.17. The second-order valence-electron chi connectivity index (χ2n) is 3.62. The molecule has 0 aromatic rings. The molecule has 66 valence electrons. The molecule has 0 aromatic carbocycles. The van der Waals surface area contributed by atoms with E-state index in [0.29, 0.717) is 0 Å². The molecule has 1 heteroatoms. The first-order valence-electron chi connectivity index (χ1n) is 5.17. The van der Waals surface area contributed by atoms with Crippen molar-refractivity contribution in [1.29, 1.82) is 0 Å². The molecule has 1 fully saturated rings. The molecule has 11 heavy (non-hydrogen) atoms. The molecule has 0 bridgehead atoms. The molecular weight excluding hydrogens is 134 g/mol. The van der Waals surface area contributed by atoms with E-state index in [2.05, 4.69) is 12.2 Å². The van der Waals surface area contributed by atoms with E-state index in [-0.39, 0.29) is 0 Å². The van der Waals surface area contributed by atoms with Gasteiger partial charge in [0.1, 0.15) is 0 Å². The summed E-state index contributed by atoms with van der Waals surface area (Å²) in [5.74, 6) is 0. The minimum absolute atomic E-state index is 0.813. The lowest BCUT2D eigenvalue weighted by Crippen LogP contribution is -2.28. The van der Waals surface area contributed by atoms with Crippen LogP contribution in [-0.2, 0) is 0 Å². The maximum absolute atomic E-state index is 3.61. The van der Waals surface area contributed by atoms with Crippen LogP contribution in [0.2, 0.25) is 0 Å². The molecule has 1 aliphatic rings. The summed E-state index contributed by atoms with van der Waals surface area (Å²) in [6.07, 6.45) is 9.87. The van der Waals surface area contributed by atoms with Crippen molar-refractivity contribution in [2.24, 2.45) is 0 Å². The third-order valence-electron chi connectivity index (χ3n) is 2.66. The standard InChI is InChI=1S/C10H21N/c1-2-10-8-6-4-3-5-7-9-11-10/h10-11H,2-9H2,1H3. The molecule has 0 saturated carbocycles. The van der Waals surface area contributed by atoms with Gasteiger partial charge in [-0.05, 0) is 25.8 Å². The zero-order chi connectivity index (χ0) is 7.94. The molecule has 1 atom stereocenters. The lowest BCUT2D eigenvalue weighted by molar-refractivity contribution is 0.462. The molecule has 1 rings (SSSR count). The average Bonchev–Trinajstić information content (AvgIpc) is 2.16. The van der Waals surface area contributed by atoms with Crippen LogP contribution in [0.1, 0.15) is 51.9 Å². The number of rotatable bonds is 1. The molecule has 1 saturated heterocycles. The summed E-state index contributed by atoms with van der Waals surface area (Å²) in [4.78, 5) is 0.